The molecule has 0 saturated heterocycles. The molecule has 3 aromatic heterocycles. The van der Waals surface area contributed by atoms with Crippen molar-refractivity contribution in [1.82, 2.24) is 29.7 Å². The summed E-state index contributed by atoms with van der Waals surface area (Å²) < 4.78 is 7.30. The molecule has 0 fully saturated rings. The Morgan fingerprint density at radius 3 is 0.935 bits per heavy atom. The molecule has 3 atom stereocenters. The number of benzene rings is 14. The molecule has 21 heteroatoms. The standard InChI is InChI=1S/C102H61N19.2Cu/c1-2-119-81-45-39-57(120-83-33-17-15-19-59(83)75-47-55(37-43-85(75)120)53-35-41-73-79(49-53)101-115-97-71-31-13-11-29-69(71)93(111-97)107-89-63-23-5-3-21-61(63)87(103-89)105-91-65-25-7-9-27-67(65)95(109-91)113-99(73)117-101)51-77(81)78-52-58(40-46-82(78)119)121-84-34-18-16-20-60(84)76-48-56(38-44-86(76)121)54-36-42-74-80(50-54)102-116-98-72-32-14-12-30-70(72)94(112-98)108-90-64-24-6-4-22-62(64)88(104-90)106-92-66-26-8-10-28-68(66)96(110-92)114-100(74)118-102;;/h3-52,87,90,101H,2H2,1H3,(H,103,107,111,115)(H,105,109,113,117)(H,104,106,108,110,112,114,116,118);;. The van der Waals surface area contributed by atoms with E-state index < -0.39 is 18.5 Å². The molecule has 3 N–H and O–H groups in total. The summed E-state index contributed by atoms with van der Waals surface area (Å²) in [7, 11) is 0. The number of aliphatic imine (C=N–C) groups is 13. The van der Waals surface area contributed by atoms with Gasteiger partial charge in [-0.3, -0.25) is 0 Å². The summed E-state index contributed by atoms with van der Waals surface area (Å²) in [5, 5.41) is 17.9. The molecule has 16 bridgehead atoms. The van der Waals surface area contributed by atoms with Gasteiger partial charge in [0.05, 0.1) is 22.1 Å². The van der Waals surface area contributed by atoms with E-state index in [4.69, 9.17) is 64.9 Å². The third-order valence-corrected chi connectivity index (χ3v) is 25.1. The monoisotopic (exact) mass is 1680 g/mol. The maximum Gasteiger partial charge on any atom is 0.164 e. The van der Waals surface area contributed by atoms with Gasteiger partial charge in [-0.2, -0.15) is 0 Å². The second-order valence-electron chi connectivity index (χ2n) is 31.7. The SMILES string of the molecule is CCn1c2ccc(-n3c4ccccc4c4cc(-c5ccc6c(c5)C5=NC7=N/C(=N\C8NC(=NC9=NC(=NC6=N5)c5ccccc59)c5ccccc58)c5ccccc57)ccc43)cc2c2cc(-n3c4ccccc4c4cc(-c5ccc6c(c5)C5/N=C7\N=C(N=C8NC(/N=C9\N=C(N=C6N5)c5ccccc59)c5ccccc58)c5ccccc57)ccc43)ccc21.[Cu].[Cu]. The normalized spacial score (nSPS) is 18.6. The molecule has 586 valence electrons. The zero-order valence-corrected chi connectivity index (χ0v) is 66.9. The summed E-state index contributed by atoms with van der Waals surface area (Å²) in [6, 6.07) is 107. The molecule has 0 saturated carbocycles. The minimum absolute atomic E-state index is 0. The molecule has 0 aliphatic carbocycles. The molecule has 0 spiro atoms. The number of amidine groups is 13. The van der Waals surface area contributed by atoms with E-state index in [1.807, 2.05) is 84.9 Å². The fraction of sp³-hybridized carbons (Fsp3) is 0.0490. The van der Waals surface area contributed by atoms with Crippen LogP contribution in [0.4, 0.5) is 0 Å². The van der Waals surface area contributed by atoms with Crippen molar-refractivity contribution in [3.8, 4) is 33.6 Å². The van der Waals surface area contributed by atoms with E-state index in [-0.39, 0.29) is 34.1 Å². The van der Waals surface area contributed by atoms with Gasteiger partial charge in [-0.15, -0.1) is 0 Å². The van der Waals surface area contributed by atoms with Crippen LogP contribution in [-0.4, -0.2) is 89.6 Å². The zero-order valence-electron chi connectivity index (χ0n) is 65.1. The van der Waals surface area contributed by atoms with Crippen LogP contribution in [0.3, 0.4) is 0 Å². The molecular weight excluding hydrogens is 1620 g/mol. The fourth-order valence-corrected chi connectivity index (χ4v) is 19.6. The number of hydrogen-bond acceptors (Lipinski definition) is 16. The molecule has 3 unspecified atom stereocenters. The first-order chi connectivity index (χ1) is 59.8. The zero-order chi connectivity index (χ0) is 79.0. The van der Waals surface area contributed by atoms with Crippen LogP contribution in [0.15, 0.2) is 368 Å². The smallest absolute Gasteiger partial charge is 0.164 e. The molecule has 19 nitrogen and oxygen atoms in total. The molecule has 123 heavy (non-hydrogen) atoms. The quantitative estimate of drug-likeness (QED) is 0.144. The molecule has 0 amide bonds. The molecular formula is C102H61Cu2N19. The molecule has 27 rings (SSSR count). The summed E-state index contributed by atoms with van der Waals surface area (Å²) in [6.07, 6.45) is -1.42. The van der Waals surface area contributed by atoms with Crippen molar-refractivity contribution in [3.63, 3.8) is 0 Å². The number of fused-ring (bicyclic) bond motifs is 44. The van der Waals surface area contributed by atoms with Crippen LogP contribution in [0.25, 0.3) is 99.0 Å². The molecule has 10 aliphatic heterocycles. The van der Waals surface area contributed by atoms with Gasteiger partial charge in [0.2, 0.25) is 0 Å². The Morgan fingerprint density at radius 2 is 0.512 bits per heavy atom. The molecule has 13 heterocycles. The minimum Gasteiger partial charge on any atom is -0.344 e. The Morgan fingerprint density at radius 1 is 0.228 bits per heavy atom. The summed E-state index contributed by atoms with van der Waals surface area (Å²) >= 11 is 0. The van der Waals surface area contributed by atoms with Crippen molar-refractivity contribution in [2.45, 2.75) is 32.0 Å². The summed E-state index contributed by atoms with van der Waals surface area (Å²) in [5.74, 6) is 7.61. The van der Waals surface area contributed by atoms with Crippen LogP contribution in [0.5, 0.6) is 0 Å². The minimum atomic E-state index is -0.548. The van der Waals surface area contributed by atoms with E-state index >= 15 is 0 Å². The largest absolute Gasteiger partial charge is 0.344 e. The second-order valence-corrected chi connectivity index (χ2v) is 31.7. The number of aromatic nitrogens is 3. The van der Waals surface area contributed by atoms with Crippen molar-refractivity contribution in [2.24, 2.45) is 64.9 Å². The average Bonchev–Trinajstić information content (AvgIpc) is 1.57. The Kier molecular flexibility index (Phi) is 15.4. The van der Waals surface area contributed by atoms with Gasteiger partial charge in [0.15, 0.2) is 58.4 Å². The van der Waals surface area contributed by atoms with Gasteiger partial charge in [0.25, 0.3) is 0 Å². The van der Waals surface area contributed by atoms with Crippen molar-refractivity contribution in [2.75, 3.05) is 0 Å². The Bertz CT molecular complexity index is 8200. The third kappa shape index (κ3) is 10.6. The van der Waals surface area contributed by atoms with Gasteiger partial charge in [-0.05, 0) is 120 Å². The fourth-order valence-electron chi connectivity index (χ4n) is 19.6. The van der Waals surface area contributed by atoms with Crippen LogP contribution in [0.2, 0.25) is 0 Å². The summed E-state index contributed by atoms with van der Waals surface area (Å²) in [6.45, 7) is 3.04. The van der Waals surface area contributed by atoms with E-state index in [0.717, 1.165) is 173 Å². The van der Waals surface area contributed by atoms with Crippen molar-refractivity contribution in [1.29, 1.82) is 0 Å². The molecule has 2 radical (unpaired) electrons. The predicted molar refractivity (Wildman–Crippen MR) is 486 cm³/mol. The van der Waals surface area contributed by atoms with Gasteiger partial charge in [0, 0.05) is 184 Å². The number of rotatable bonds is 5. The first-order valence-electron chi connectivity index (χ1n) is 40.8. The van der Waals surface area contributed by atoms with E-state index in [1.54, 1.807) is 0 Å². The molecule has 10 aliphatic rings. The van der Waals surface area contributed by atoms with E-state index in [1.165, 1.54) is 21.8 Å². The van der Waals surface area contributed by atoms with E-state index in [0.29, 0.717) is 75.9 Å². The van der Waals surface area contributed by atoms with Gasteiger partial charge in [-0.1, -0.05) is 212 Å². The van der Waals surface area contributed by atoms with Crippen molar-refractivity contribution in [3.05, 3.63) is 392 Å². The van der Waals surface area contributed by atoms with Crippen molar-refractivity contribution >= 4 is 141 Å². The Labute approximate surface area is 722 Å². The van der Waals surface area contributed by atoms with Gasteiger partial charge < -0.3 is 29.7 Å². The van der Waals surface area contributed by atoms with Crippen molar-refractivity contribution < 1.29 is 34.1 Å². The van der Waals surface area contributed by atoms with Crippen LogP contribution in [0, 0.1) is 0 Å². The molecule has 17 aromatic rings. The van der Waals surface area contributed by atoms with E-state index in [9.17, 15) is 0 Å². The van der Waals surface area contributed by atoms with Crippen LogP contribution in [0.1, 0.15) is 114 Å². The maximum absolute atomic E-state index is 5.50. The average molecular weight is 1680 g/mol. The number of nitrogens with zero attached hydrogens (tertiary/aromatic N) is 16. The summed E-state index contributed by atoms with van der Waals surface area (Å²) in [5.41, 5.74) is 27.8. The van der Waals surface area contributed by atoms with Gasteiger partial charge in [-0.25, -0.2) is 64.9 Å². The predicted octanol–water partition coefficient (Wildman–Crippen LogP) is 19.1. The van der Waals surface area contributed by atoms with Crippen LogP contribution < -0.4 is 16.0 Å². The summed E-state index contributed by atoms with van der Waals surface area (Å²) in [4.78, 5) is 68.6. The number of para-hydroxylation sites is 2. The number of aryl methyl sites for hydroxylation is 1. The molecule has 14 aromatic carbocycles. The van der Waals surface area contributed by atoms with Crippen LogP contribution in [-0.2, 0) is 40.7 Å². The number of nitrogens with one attached hydrogen (secondary N) is 3. The Hall–Kier alpha value is -15.4. The van der Waals surface area contributed by atoms with Gasteiger partial charge in [0.1, 0.15) is 36.0 Å². The third-order valence-electron chi connectivity index (χ3n) is 25.1. The number of hydrogen-bond donors (Lipinski definition) is 3. The first kappa shape index (κ1) is 70.6. The van der Waals surface area contributed by atoms with Gasteiger partial charge >= 0.3 is 0 Å². The van der Waals surface area contributed by atoms with Crippen LogP contribution >= 0.6 is 0 Å². The Balaban J connectivity index is 0.00000416. The maximum atomic E-state index is 5.50. The second kappa shape index (κ2) is 26.8. The topological polar surface area (TPSA) is 212 Å². The first-order valence-corrected chi connectivity index (χ1v) is 40.8. The van der Waals surface area contributed by atoms with E-state index in [2.05, 4.69) is 255 Å².